The summed E-state index contributed by atoms with van der Waals surface area (Å²) in [6.45, 7) is 1.65. The lowest BCUT2D eigenvalue weighted by Crippen LogP contribution is -2.25. The van der Waals surface area contributed by atoms with Gasteiger partial charge in [0.25, 0.3) is 0 Å². The molecular formula is C24H25NO3. The minimum Gasteiger partial charge on any atom is -0.497 e. The van der Waals surface area contributed by atoms with Crippen LogP contribution < -0.4 is 10.4 Å². The van der Waals surface area contributed by atoms with Crippen LogP contribution in [-0.4, -0.2) is 18.1 Å². The standard InChI is InChI=1S/C24H25NO3/c1-27-21-9-5-16(6-10-21)14-25(20-7-8-20)15-19-13-24(26)28-23-12-18-4-2-3-17(18)11-22(19)23/h5-6,9-13,20H,2-4,7-8,14-15H2,1H3. The lowest BCUT2D eigenvalue weighted by Gasteiger charge is -2.23. The molecule has 5 rings (SSSR count). The number of hydrogen-bond donors (Lipinski definition) is 0. The van der Waals surface area contributed by atoms with Gasteiger partial charge in [-0.3, -0.25) is 4.90 Å². The first-order valence-corrected chi connectivity index (χ1v) is 10.1. The van der Waals surface area contributed by atoms with E-state index < -0.39 is 0 Å². The largest absolute Gasteiger partial charge is 0.497 e. The number of fused-ring (bicyclic) bond motifs is 2. The molecule has 0 saturated heterocycles. The minimum atomic E-state index is -0.249. The molecule has 2 aromatic carbocycles. The third kappa shape index (κ3) is 3.45. The fourth-order valence-corrected chi connectivity index (χ4v) is 4.36. The van der Waals surface area contributed by atoms with Crippen LogP contribution in [0.4, 0.5) is 0 Å². The zero-order valence-corrected chi connectivity index (χ0v) is 16.2. The monoisotopic (exact) mass is 375 g/mol. The van der Waals surface area contributed by atoms with Gasteiger partial charge in [0.1, 0.15) is 11.3 Å². The first-order chi connectivity index (χ1) is 13.7. The molecule has 2 aliphatic carbocycles. The molecule has 0 radical (unpaired) electrons. The van der Waals surface area contributed by atoms with E-state index in [1.165, 1.54) is 36.0 Å². The summed E-state index contributed by atoms with van der Waals surface area (Å²) in [5.41, 5.74) is 5.59. The SMILES string of the molecule is COc1ccc(CN(Cc2cc(=O)oc3cc4c(cc23)CCC4)C2CC2)cc1. The lowest BCUT2D eigenvalue weighted by atomic mass is 10.0. The molecule has 0 amide bonds. The Balaban J connectivity index is 1.47. The summed E-state index contributed by atoms with van der Waals surface area (Å²) in [6, 6.07) is 14.9. The van der Waals surface area contributed by atoms with Gasteiger partial charge in [-0.1, -0.05) is 12.1 Å². The topological polar surface area (TPSA) is 42.7 Å². The van der Waals surface area contributed by atoms with Crippen LogP contribution in [0.15, 0.2) is 51.7 Å². The lowest BCUT2D eigenvalue weighted by molar-refractivity contribution is 0.246. The van der Waals surface area contributed by atoms with E-state index in [9.17, 15) is 4.79 Å². The van der Waals surface area contributed by atoms with Gasteiger partial charge in [-0.25, -0.2) is 4.79 Å². The van der Waals surface area contributed by atoms with E-state index in [2.05, 4.69) is 29.2 Å². The zero-order chi connectivity index (χ0) is 19.1. The fourth-order valence-electron chi connectivity index (χ4n) is 4.36. The predicted octanol–water partition coefficient (Wildman–Crippen LogP) is 4.45. The molecule has 0 atom stereocenters. The molecule has 0 aliphatic heterocycles. The maximum Gasteiger partial charge on any atom is 0.336 e. The van der Waals surface area contributed by atoms with Crippen LogP contribution in [0.3, 0.4) is 0 Å². The number of aryl methyl sites for hydroxylation is 2. The number of rotatable bonds is 6. The Kier molecular flexibility index (Phi) is 4.44. The summed E-state index contributed by atoms with van der Waals surface area (Å²) >= 11 is 0. The van der Waals surface area contributed by atoms with Gasteiger partial charge in [-0.15, -0.1) is 0 Å². The molecule has 0 unspecified atom stereocenters. The van der Waals surface area contributed by atoms with E-state index in [4.69, 9.17) is 9.15 Å². The molecule has 1 fully saturated rings. The third-order valence-electron chi connectivity index (χ3n) is 6.02. The average molecular weight is 375 g/mol. The van der Waals surface area contributed by atoms with E-state index in [1.54, 1.807) is 13.2 Å². The second kappa shape index (κ2) is 7.10. The summed E-state index contributed by atoms with van der Waals surface area (Å²) in [5, 5.41) is 1.10. The van der Waals surface area contributed by atoms with Crippen molar-refractivity contribution in [2.45, 2.75) is 51.2 Å². The van der Waals surface area contributed by atoms with E-state index in [1.807, 2.05) is 12.1 Å². The van der Waals surface area contributed by atoms with Crippen LogP contribution in [0, 0.1) is 0 Å². The van der Waals surface area contributed by atoms with Gasteiger partial charge in [-0.2, -0.15) is 0 Å². The quantitative estimate of drug-likeness (QED) is 0.597. The summed E-state index contributed by atoms with van der Waals surface area (Å²) in [4.78, 5) is 14.7. The van der Waals surface area contributed by atoms with E-state index in [0.29, 0.717) is 6.04 Å². The molecule has 1 aromatic heterocycles. The Hall–Kier alpha value is -2.59. The molecule has 28 heavy (non-hydrogen) atoms. The molecule has 4 heteroatoms. The van der Waals surface area contributed by atoms with Crippen molar-refractivity contribution >= 4 is 11.0 Å². The maximum absolute atomic E-state index is 12.2. The molecular weight excluding hydrogens is 350 g/mol. The second-order valence-corrected chi connectivity index (χ2v) is 8.05. The maximum atomic E-state index is 12.2. The molecule has 2 aliphatic rings. The Labute approximate surface area is 164 Å². The van der Waals surface area contributed by atoms with Gasteiger partial charge >= 0.3 is 5.63 Å². The zero-order valence-electron chi connectivity index (χ0n) is 16.2. The number of ether oxygens (including phenoxy) is 1. The van der Waals surface area contributed by atoms with Crippen molar-refractivity contribution in [1.29, 1.82) is 0 Å². The van der Waals surface area contributed by atoms with Crippen LogP contribution in [0.1, 0.15) is 41.5 Å². The number of methoxy groups -OCH3 is 1. The van der Waals surface area contributed by atoms with Crippen LogP contribution in [0.5, 0.6) is 5.75 Å². The highest BCUT2D eigenvalue weighted by Crippen LogP contribution is 2.33. The highest BCUT2D eigenvalue weighted by Gasteiger charge is 2.29. The van der Waals surface area contributed by atoms with Gasteiger partial charge in [0, 0.05) is 30.6 Å². The number of nitrogens with zero attached hydrogens (tertiary/aromatic N) is 1. The second-order valence-electron chi connectivity index (χ2n) is 8.05. The Morgan fingerprint density at radius 1 is 1.04 bits per heavy atom. The molecule has 0 spiro atoms. The van der Waals surface area contributed by atoms with Gasteiger partial charge in [0.2, 0.25) is 0 Å². The number of hydrogen-bond acceptors (Lipinski definition) is 4. The highest BCUT2D eigenvalue weighted by molar-refractivity contribution is 5.82. The van der Waals surface area contributed by atoms with Crippen molar-refractivity contribution in [3.63, 3.8) is 0 Å². The molecule has 1 saturated carbocycles. The van der Waals surface area contributed by atoms with Crippen molar-refractivity contribution in [3.05, 3.63) is 75.1 Å². The Morgan fingerprint density at radius 3 is 2.50 bits per heavy atom. The van der Waals surface area contributed by atoms with Crippen LogP contribution >= 0.6 is 0 Å². The highest BCUT2D eigenvalue weighted by atomic mass is 16.5. The minimum absolute atomic E-state index is 0.249. The van der Waals surface area contributed by atoms with Gasteiger partial charge < -0.3 is 9.15 Å². The van der Waals surface area contributed by atoms with Crippen LogP contribution in [0.25, 0.3) is 11.0 Å². The van der Waals surface area contributed by atoms with E-state index in [-0.39, 0.29) is 5.63 Å². The summed E-state index contributed by atoms with van der Waals surface area (Å²) in [5.74, 6) is 0.877. The summed E-state index contributed by atoms with van der Waals surface area (Å²) in [6.07, 6.45) is 5.86. The molecule has 0 N–H and O–H groups in total. The average Bonchev–Trinajstić information content (AvgIpc) is 3.45. The van der Waals surface area contributed by atoms with Crippen molar-refractivity contribution in [3.8, 4) is 5.75 Å². The normalized spacial score (nSPS) is 15.9. The smallest absolute Gasteiger partial charge is 0.336 e. The van der Waals surface area contributed by atoms with E-state index >= 15 is 0 Å². The molecule has 0 bridgehead atoms. The van der Waals surface area contributed by atoms with Crippen molar-refractivity contribution < 1.29 is 9.15 Å². The van der Waals surface area contributed by atoms with Gasteiger partial charge in [0.05, 0.1) is 7.11 Å². The van der Waals surface area contributed by atoms with Gasteiger partial charge in [0.15, 0.2) is 0 Å². The van der Waals surface area contributed by atoms with Crippen molar-refractivity contribution in [2.24, 2.45) is 0 Å². The Morgan fingerprint density at radius 2 is 1.79 bits per heavy atom. The molecule has 3 aromatic rings. The Bertz CT molecular complexity index is 1060. The summed E-state index contributed by atoms with van der Waals surface area (Å²) in [7, 11) is 1.69. The molecule has 4 nitrogen and oxygen atoms in total. The fraction of sp³-hybridized carbons (Fsp3) is 0.375. The predicted molar refractivity (Wildman–Crippen MR) is 110 cm³/mol. The van der Waals surface area contributed by atoms with Crippen molar-refractivity contribution in [1.82, 2.24) is 4.90 Å². The first-order valence-electron chi connectivity index (χ1n) is 10.1. The molecule has 1 heterocycles. The summed E-state index contributed by atoms with van der Waals surface area (Å²) < 4.78 is 10.8. The third-order valence-corrected chi connectivity index (χ3v) is 6.02. The first kappa shape index (κ1) is 17.5. The molecule has 144 valence electrons. The van der Waals surface area contributed by atoms with Crippen molar-refractivity contribution in [2.75, 3.05) is 7.11 Å². The van der Waals surface area contributed by atoms with Gasteiger partial charge in [-0.05, 0) is 78.6 Å². The van der Waals surface area contributed by atoms with Crippen LogP contribution in [0.2, 0.25) is 0 Å². The van der Waals surface area contributed by atoms with Crippen LogP contribution in [-0.2, 0) is 25.9 Å². The number of benzene rings is 2. The van der Waals surface area contributed by atoms with E-state index in [0.717, 1.165) is 48.2 Å².